The van der Waals surface area contributed by atoms with E-state index < -0.39 is 10.1 Å². The summed E-state index contributed by atoms with van der Waals surface area (Å²) in [6.07, 6.45) is 2.37. The van der Waals surface area contributed by atoms with Gasteiger partial charge in [-0.05, 0) is 49.2 Å². The summed E-state index contributed by atoms with van der Waals surface area (Å²) in [6, 6.07) is 13.1. The predicted octanol–water partition coefficient (Wildman–Crippen LogP) is 3.03. The van der Waals surface area contributed by atoms with Crippen LogP contribution in [-0.4, -0.2) is 29.0 Å². The van der Waals surface area contributed by atoms with Crippen molar-refractivity contribution in [2.24, 2.45) is 4.99 Å². The van der Waals surface area contributed by atoms with Crippen LogP contribution in [0.15, 0.2) is 63.2 Å². The van der Waals surface area contributed by atoms with Gasteiger partial charge in [-0.15, -0.1) is 0 Å². The van der Waals surface area contributed by atoms with Crippen LogP contribution in [0.5, 0.6) is 0 Å². The fourth-order valence-corrected chi connectivity index (χ4v) is 3.21. The summed E-state index contributed by atoms with van der Waals surface area (Å²) < 4.78 is 32.6. The highest BCUT2D eigenvalue weighted by Gasteiger charge is 2.13. The zero-order valence-electron chi connectivity index (χ0n) is 14.9. The van der Waals surface area contributed by atoms with E-state index in [0.29, 0.717) is 16.9 Å². The van der Waals surface area contributed by atoms with E-state index in [0.717, 1.165) is 17.7 Å². The van der Waals surface area contributed by atoms with Crippen LogP contribution >= 0.6 is 0 Å². The lowest BCUT2D eigenvalue weighted by molar-refractivity contribution is 0.483. The first-order valence-corrected chi connectivity index (χ1v) is 9.76. The van der Waals surface area contributed by atoms with Crippen LogP contribution in [0.2, 0.25) is 0 Å². The molecule has 0 saturated carbocycles. The molecule has 0 fully saturated rings. The Morgan fingerprint density at radius 2 is 1.81 bits per heavy atom. The first kappa shape index (κ1) is 18.8. The van der Waals surface area contributed by atoms with Crippen molar-refractivity contribution in [1.82, 2.24) is 9.78 Å². The first-order chi connectivity index (χ1) is 12.8. The van der Waals surface area contributed by atoms with Crippen LogP contribution in [0.25, 0.3) is 5.69 Å². The molecule has 1 heterocycles. The molecule has 7 nitrogen and oxygen atoms in total. The molecule has 0 aliphatic heterocycles. The number of hydrogen-bond donors (Lipinski definition) is 2. The van der Waals surface area contributed by atoms with Crippen molar-refractivity contribution in [2.45, 2.75) is 25.2 Å². The summed E-state index contributed by atoms with van der Waals surface area (Å²) in [7, 11) is -4.28. The van der Waals surface area contributed by atoms with Gasteiger partial charge < -0.3 is 0 Å². The van der Waals surface area contributed by atoms with Gasteiger partial charge in [-0.25, -0.2) is 4.68 Å². The van der Waals surface area contributed by atoms with Crippen LogP contribution in [0, 0.1) is 6.92 Å². The molecule has 2 N–H and O–H groups in total. The van der Waals surface area contributed by atoms with Gasteiger partial charge in [0.05, 0.1) is 21.8 Å². The molecule has 1 aromatic heterocycles. The molecule has 0 atom stereocenters. The van der Waals surface area contributed by atoms with E-state index >= 15 is 0 Å². The van der Waals surface area contributed by atoms with Crippen molar-refractivity contribution >= 4 is 22.0 Å². The van der Waals surface area contributed by atoms with Gasteiger partial charge in [0.1, 0.15) is 0 Å². The Bertz CT molecular complexity index is 1160. The van der Waals surface area contributed by atoms with Crippen LogP contribution in [-0.2, 0) is 16.5 Å². The summed E-state index contributed by atoms with van der Waals surface area (Å²) in [5.74, 6) is 0. The van der Waals surface area contributed by atoms with E-state index in [1.165, 1.54) is 35.2 Å². The van der Waals surface area contributed by atoms with Crippen molar-refractivity contribution in [3.8, 4) is 5.69 Å². The van der Waals surface area contributed by atoms with Gasteiger partial charge in [0, 0.05) is 11.9 Å². The van der Waals surface area contributed by atoms with Crippen LogP contribution < -0.4 is 5.56 Å². The minimum Gasteiger partial charge on any atom is -0.295 e. The third-order valence-corrected chi connectivity index (χ3v) is 5.08. The lowest BCUT2D eigenvalue weighted by Gasteiger charge is -2.02. The fraction of sp³-hybridized carbons (Fsp3) is 0.158. The molecule has 0 amide bonds. The van der Waals surface area contributed by atoms with Crippen molar-refractivity contribution in [2.75, 3.05) is 0 Å². The summed E-state index contributed by atoms with van der Waals surface area (Å²) >= 11 is 0. The lowest BCUT2D eigenvalue weighted by Crippen LogP contribution is -2.17. The number of aryl methyl sites for hydroxylation is 2. The molecule has 3 aromatic rings. The number of aromatic amines is 1. The predicted molar refractivity (Wildman–Crippen MR) is 104 cm³/mol. The molecule has 0 radical (unpaired) electrons. The Hall–Kier alpha value is -2.97. The van der Waals surface area contributed by atoms with Crippen molar-refractivity contribution < 1.29 is 13.0 Å². The Kier molecular flexibility index (Phi) is 5.11. The maximum Gasteiger partial charge on any atom is 0.294 e. The standard InChI is InChI=1S/C19H19N3O4S/c1-3-14-6-4-5-7-18(14)20-12-17-13(2)21-22(19(17)23)15-8-10-16(11-9-15)27(24,25)26/h4-12,21H,3H2,1-2H3,(H,24,25,26). The topological polar surface area (TPSA) is 105 Å². The minimum absolute atomic E-state index is 0.236. The molecule has 0 unspecified atom stereocenters. The molecule has 27 heavy (non-hydrogen) atoms. The third kappa shape index (κ3) is 3.91. The van der Waals surface area contributed by atoms with E-state index in [9.17, 15) is 13.2 Å². The molecular weight excluding hydrogens is 366 g/mol. The minimum atomic E-state index is -4.28. The van der Waals surface area contributed by atoms with Gasteiger partial charge in [-0.2, -0.15) is 8.42 Å². The number of nitrogens with zero attached hydrogens (tertiary/aromatic N) is 2. The second-order valence-corrected chi connectivity index (χ2v) is 7.42. The monoisotopic (exact) mass is 385 g/mol. The molecule has 0 aliphatic rings. The van der Waals surface area contributed by atoms with Crippen LogP contribution in [0.3, 0.4) is 0 Å². The Morgan fingerprint density at radius 3 is 2.44 bits per heavy atom. The molecule has 140 valence electrons. The summed E-state index contributed by atoms with van der Waals surface area (Å²) in [5, 5.41) is 2.95. The van der Waals surface area contributed by atoms with Gasteiger partial charge in [0.2, 0.25) is 0 Å². The molecule has 0 bridgehead atoms. The SMILES string of the molecule is CCc1ccccc1N=Cc1c(C)[nH]n(-c2ccc(S(=O)(=O)O)cc2)c1=O. The van der Waals surface area contributed by atoms with Crippen LogP contribution in [0.4, 0.5) is 5.69 Å². The van der Waals surface area contributed by atoms with Gasteiger partial charge in [0.25, 0.3) is 15.7 Å². The lowest BCUT2D eigenvalue weighted by atomic mass is 10.1. The fourth-order valence-electron chi connectivity index (χ4n) is 2.73. The molecule has 0 spiro atoms. The highest BCUT2D eigenvalue weighted by atomic mass is 32.2. The first-order valence-electron chi connectivity index (χ1n) is 8.32. The van der Waals surface area contributed by atoms with E-state index in [1.807, 2.05) is 31.2 Å². The normalized spacial score (nSPS) is 12.0. The zero-order chi connectivity index (χ0) is 19.6. The quantitative estimate of drug-likeness (QED) is 0.520. The van der Waals surface area contributed by atoms with Gasteiger partial charge in [-0.3, -0.25) is 19.4 Å². The van der Waals surface area contributed by atoms with E-state index in [2.05, 4.69) is 10.1 Å². The number of H-pyrrole nitrogens is 1. The van der Waals surface area contributed by atoms with E-state index in [-0.39, 0.29) is 10.5 Å². The van der Waals surface area contributed by atoms with Crippen molar-refractivity contribution in [1.29, 1.82) is 0 Å². The van der Waals surface area contributed by atoms with Crippen molar-refractivity contribution in [3.05, 3.63) is 75.7 Å². The number of nitrogens with one attached hydrogen (secondary N) is 1. The average Bonchev–Trinajstić information content (AvgIpc) is 2.93. The number of para-hydroxylation sites is 1. The summed E-state index contributed by atoms with van der Waals surface area (Å²) in [4.78, 5) is 16.9. The van der Waals surface area contributed by atoms with Crippen molar-refractivity contribution in [3.63, 3.8) is 0 Å². The Labute approximate surface area is 156 Å². The third-order valence-electron chi connectivity index (χ3n) is 4.22. The molecule has 3 rings (SSSR count). The largest absolute Gasteiger partial charge is 0.295 e. The number of aliphatic imine (C=N–C) groups is 1. The number of aromatic nitrogens is 2. The molecule has 2 aromatic carbocycles. The van der Waals surface area contributed by atoms with Gasteiger partial charge in [0.15, 0.2) is 0 Å². The molecule has 8 heteroatoms. The maximum atomic E-state index is 12.7. The highest BCUT2D eigenvalue weighted by molar-refractivity contribution is 7.85. The molecule has 0 aliphatic carbocycles. The van der Waals surface area contributed by atoms with Gasteiger partial charge in [-0.1, -0.05) is 25.1 Å². The Morgan fingerprint density at radius 1 is 1.15 bits per heavy atom. The number of benzene rings is 2. The second-order valence-electron chi connectivity index (χ2n) is 6.00. The second kappa shape index (κ2) is 7.34. The summed E-state index contributed by atoms with van der Waals surface area (Å²) in [6.45, 7) is 3.80. The molecule has 0 saturated heterocycles. The average molecular weight is 385 g/mol. The summed E-state index contributed by atoms with van der Waals surface area (Å²) in [5.41, 5.74) is 3.09. The Balaban J connectivity index is 1.98. The number of hydrogen-bond acceptors (Lipinski definition) is 4. The maximum absolute atomic E-state index is 12.7. The number of rotatable bonds is 5. The van der Waals surface area contributed by atoms with Gasteiger partial charge >= 0.3 is 0 Å². The van der Waals surface area contributed by atoms with E-state index in [1.54, 1.807) is 6.92 Å². The smallest absolute Gasteiger partial charge is 0.294 e. The van der Waals surface area contributed by atoms with Crippen LogP contribution in [0.1, 0.15) is 23.7 Å². The highest BCUT2D eigenvalue weighted by Crippen LogP contribution is 2.19. The molecular formula is C19H19N3O4S. The zero-order valence-corrected chi connectivity index (χ0v) is 15.7. The van der Waals surface area contributed by atoms with E-state index in [4.69, 9.17) is 4.55 Å².